The van der Waals surface area contributed by atoms with Gasteiger partial charge in [-0.2, -0.15) is 5.10 Å². The van der Waals surface area contributed by atoms with Crippen LogP contribution < -0.4 is 10.1 Å². The fourth-order valence-corrected chi connectivity index (χ4v) is 3.03. The van der Waals surface area contributed by atoms with Crippen LogP contribution in [0.5, 0.6) is 5.88 Å². The Morgan fingerprint density at radius 1 is 1.39 bits per heavy atom. The normalized spacial score (nSPS) is 12.8. The Morgan fingerprint density at radius 2 is 2.13 bits per heavy atom. The third kappa shape index (κ3) is 3.95. The highest BCUT2D eigenvalue weighted by molar-refractivity contribution is 5.30. The first-order valence-electron chi connectivity index (χ1n) is 8.16. The summed E-state index contributed by atoms with van der Waals surface area (Å²) in [6.07, 6.45) is 1.74. The summed E-state index contributed by atoms with van der Waals surface area (Å²) in [6, 6.07) is 4.21. The highest BCUT2D eigenvalue weighted by atomic mass is 16.5. The van der Waals surface area contributed by atoms with Crippen molar-refractivity contribution < 1.29 is 9.15 Å². The summed E-state index contributed by atoms with van der Waals surface area (Å²) in [6.45, 7) is 9.86. The van der Waals surface area contributed by atoms with Crippen molar-refractivity contribution in [2.24, 2.45) is 7.05 Å². The van der Waals surface area contributed by atoms with E-state index in [1.165, 1.54) is 0 Å². The maximum absolute atomic E-state index is 5.63. The van der Waals surface area contributed by atoms with Crippen LogP contribution in [-0.2, 0) is 13.6 Å². The first-order chi connectivity index (χ1) is 11.1. The summed E-state index contributed by atoms with van der Waals surface area (Å²) in [5, 5.41) is 7.95. The van der Waals surface area contributed by atoms with Gasteiger partial charge >= 0.3 is 0 Å². The second kappa shape index (κ2) is 8.17. The van der Waals surface area contributed by atoms with Gasteiger partial charge < -0.3 is 14.5 Å². The molecule has 6 heteroatoms. The average molecular weight is 320 g/mol. The lowest BCUT2D eigenvalue weighted by Crippen LogP contribution is -2.35. The number of ether oxygens (including phenoxy) is 1. The van der Waals surface area contributed by atoms with Crippen LogP contribution in [0.25, 0.3) is 0 Å². The molecule has 2 heterocycles. The number of hydrogen-bond donors (Lipinski definition) is 1. The minimum Gasteiger partial charge on any atom is -0.481 e. The molecule has 6 nitrogen and oxygen atoms in total. The van der Waals surface area contributed by atoms with E-state index in [-0.39, 0.29) is 6.04 Å². The van der Waals surface area contributed by atoms with Crippen LogP contribution in [0.2, 0.25) is 0 Å². The topological polar surface area (TPSA) is 55.5 Å². The second-order valence-electron chi connectivity index (χ2n) is 5.58. The first kappa shape index (κ1) is 17.6. The summed E-state index contributed by atoms with van der Waals surface area (Å²) in [4.78, 5) is 2.39. The fourth-order valence-electron chi connectivity index (χ4n) is 3.03. The highest BCUT2D eigenvalue weighted by Crippen LogP contribution is 2.23. The van der Waals surface area contributed by atoms with E-state index in [2.05, 4.69) is 29.2 Å². The van der Waals surface area contributed by atoms with Gasteiger partial charge in [0.25, 0.3) is 0 Å². The van der Waals surface area contributed by atoms with Crippen molar-refractivity contribution in [3.63, 3.8) is 0 Å². The lowest BCUT2D eigenvalue weighted by atomic mass is 10.1. The van der Waals surface area contributed by atoms with Crippen molar-refractivity contribution in [3.05, 3.63) is 35.4 Å². The molecule has 1 unspecified atom stereocenters. The van der Waals surface area contributed by atoms with Crippen LogP contribution in [0.4, 0.5) is 0 Å². The summed E-state index contributed by atoms with van der Waals surface area (Å²) >= 11 is 0. The molecule has 1 atom stereocenters. The summed E-state index contributed by atoms with van der Waals surface area (Å²) in [5.74, 6) is 1.81. The Morgan fingerprint density at radius 3 is 2.70 bits per heavy atom. The number of likely N-dealkylation sites (N-methyl/N-ethyl adjacent to an activating group) is 1. The molecular weight excluding hydrogens is 292 g/mol. The number of rotatable bonds is 9. The van der Waals surface area contributed by atoms with Crippen molar-refractivity contribution >= 4 is 0 Å². The summed E-state index contributed by atoms with van der Waals surface area (Å²) in [5.41, 5.74) is 2.10. The smallest absolute Gasteiger partial charge is 0.216 e. The van der Waals surface area contributed by atoms with Gasteiger partial charge in [0.15, 0.2) is 0 Å². The first-order valence-corrected chi connectivity index (χ1v) is 8.16. The van der Waals surface area contributed by atoms with E-state index in [1.807, 2.05) is 26.1 Å². The van der Waals surface area contributed by atoms with E-state index < -0.39 is 0 Å². The summed E-state index contributed by atoms with van der Waals surface area (Å²) < 4.78 is 12.9. The zero-order valence-electron chi connectivity index (χ0n) is 14.8. The summed E-state index contributed by atoms with van der Waals surface area (Å²) in [7, 11) is 3.58. The lowest BCUT2D eigenvalue weighted by molar-refractivity contribution is 0.187. The van der Waals surface area contributed by atoms with Crippen molar-refractivity contribution in [1.82, 2.24) is 20.0 Å². The Bertz CT molecular complexity index is 588. The number of furan rings is 1. The van der Waals surface area contributed by atoms with Gasteiger partial charge in [0.2, 0.25) is 5.88 Å². The molecule has 0 radical (unpaired) electrons. The predicted octanol–water partition coefficient (Wildman–Crippen LogP) is 2.50. The van der Waals surface area contributed by atoms with Crippen LogP contribution in [0, 0.1) is 6.92 Å². The quantitative estimate of drug-likeness (QED) is 0.769. The van der Waals surface area contributed by atoms with E-state index >= 15 is 0 Å². The van der Waals surface area contributed by atoms with Crippen LogP contribution in [0.1, 0.15) is 36.9 Å². The maximum atomic E-state index is 5.63. The van der Waals surface area contributed by atoms with E-state index in [4.69, 9.17) is 9.15 Å². The van der Waals surface area contributed by atoms with Gasteiger partial charge in [-0.3, -0.25) is 4.90 Å². The molecule has 2 aromatic heterocycles. The van der Waals surface area contributed by atoms with E-state index in [1.54, 1.807) is 18.1 Å². The van der Waals surface area contributed by atoms with E-state index in [9.17, 15) is 0 Å². The van der Waals surface area contributed by atoms with Crippen molar-refractivity contribution in [2.75, 3.05) is 26.7 Å². The Kier molecular flexibility index (Phi) is 6.24. The SMILES string of the molecule is CCN(CC)C(CNCc1c(C)nn(C)c1OC)c1ccco1. The molecule has 0 aliphatic heterocycles. The molecule has 0 amide bonds. The molecule has 0 saturated heterocycles. The minimum absolute atomic E-state index is 0.225. The van der Waals surface area contributed by atoms with Crippen molar-refractivity contribution in [1.29, 1.82) is 0 Å². The molecule has 0 fully saturated rings. The standard InChI is InChI=1S/C17H28N4O2/c1-6-21(7-2)15(16-9-8-10-23-16)12-18-11-14-13(3)19-20(4)17(14)22-5/h8-10,15,18H,6-7,11-12H2,1-5H3. The molecule has 2 rings (SSSR count). The zero-order chi connectivity index (χ0) is 16.8. The predicted molar refractivity (Wildman–Crippen MR) is 90.6 cm³/mol. The third-order valence-electron chi connectivity index (χ3n) is 4.25. The molecule has 0 aliphatic carbocycles. The third-order valence-corrected chi connectivity index (χ3v) is 4.25. The number of aryl methyl sites for hydroxylation is 2. The van der Waals surface area contributed by atoms with Crippen LogP contribution >= 0.6 is 0 Å². The van der Waals surface area contributed by atoms with Crippen LogP contribution in [-0.4, -0.2) is 41.4 Å². The second-order valence-corrected chi connectivity index (χ2v) is 5.58. The molecule has 128 valence electrons. The van der Waals surface area contributed by atoms with Gasteiger partial charge in [0, 0.05) is 20.1 Å². The minimum atomic E-state index is 0.225. The Balaban J connectivity index is 2.05. The van der Waals surface area contributed by atoms with Crippen LogP contribution in [0.3, 0.4) is 0 Å². The Labute approximate surface area is 138 Å². The molecule has 23 heavy (non-hydrogen) atoms. The fraction of sp³-hybridized carbons (Fsp3) is 0.588. The number of nitrogens with zero attached hydrogens (tertiary/aromatic N) is 3. The highest BCUT2D eigenvalue weighted by Gasteiger charge is 2.21. The van der Waals surface area contributed by atoms with Gasteiger partial charge in [-0.25, -0.2) is 4.68 Å². The number of hydrogen-bond acceptors (Lipinski definition) is 5. The molecule has 0 aromatic carbocycles. The monoisotopic (exact) mass is 320 g/mol. The molecule has 0 aliphatic rings. The number of aromatic nitrogens is 2. The Hall–Kier alpha value is -1.79. The van der Waals surface area contributed by atoms with E-state index in [0.717, 1.165) is 49.1 Å². The lowest BCUT2D eigenvalue weighted by Gasteiger charge is -2.28. The largest absolute Gasteiger partial charge is 0.481 e. The van der Waals surface area contributed by atoms with Gasteiger partial charge in [-0.05, 0) is 32.1 Å². The molecule has 0 bridgehead atoms. The average Bonchev–Trinajstić information content (AvgIpc) is 3.15. The number of methoxy groups -OCH3 is 1. The van der Waals surface area contributed by atoms with E-state index in [0.29, 0.717) is 0 Å². The van der Waals surface area contributed by atoms with Gasteiger partial charge in [-0.1, -0.05) is 13.8 Å². The van der Waals surface area contributed by atoms with Crippen LogP contribution in [0.15, 0.2) is 22.8 Å². The zero-order valence-corrected chi connectivity index (χ0v) is 14.8. The molecule has 1 N–H and O–H groups in total. The molecule has 2 aromatic rings. The number of nitrogens with one attached hydrogen (secondary N) is 1. The maximum Gasteiger partial charge on any atom is 0.216 e. The van der Waals surface area contributed by atoms with Crippen molar-refractivity contribution in [2.45, 2.75) is 33.4 Å². The van der Waals surface area contributed by atoms with Gasteiger partial charge in [0.1, 0.15) is 5.76 Å². The molecular formula is C17H28N4O2. The molecule has 0 saturated carbocycles. The molecule has 0 spiro atoms. The van der Waals surface area contributed by atoms with Gasteiger partial charge in [0.05, 0.1) is 30.7 Å². The van der Waals surface area contributed by atoms with Gasteiger partial charge in [-0.15, -0.1) is 0 Å². The van der Waals surface area contributed by atoms with Crippen molar-refractivity contribution in [3.8, 4) is 5.88 Å².